The molecule has 1 aliphatic heterocycles. The number of carbonyl (C=O) groups excluding carboxylic acids is 2. The Morgan fingerprint density at radius 2 is 1.83 bits per heavy atom. The molecule has 23 heavy (non-hydrogen) atoms. The molecule has 6 heteroatoms. The predicted molar refractivity (Wildman–Crippen MR) is 89.8 cm³/mol. The second kappa shape index (κ2) is 6.42. The van der Waals surface area contributed by atoms with Crippen molar-refractivity contribution in [1.29, 1.82) is 0 Å². The number of anilines is 2. The van der Waals surface area contributed by atoms with Gasteiger partial charge in [0.05, 0.1) is 5.75 Å². The van der Waals surface area contributed by atoms with Crippen molar-refractivity contribution in [3.8, 4) is 0 Å². The molecule has 0 aliphatic carbocycles. The van der Waals surface area contributed by atoms with Crippen LogP contribution < -0.4 is 10.2 Å². The number of nitrogens with one attached hydrogen (secondary N) is 1. The number of thioether (sulfide) groups is 1. The molecule has 1 saturated heterocycles. The van der Waals surface area contributed by atoms with Gasteiger partial charge in [-0.15, -0.1) is 11.8 Å². The number of carbonyl (C=O) groups is 2. The first kappa shape index (κ1) is 15.6. The summed E-state index contributed by atoms with van der Waals surface area (Å²) in [7, 11) is 0. The standard InChI is InChI=1S/C17H15FN2O2S/c1-11(21)19-14-6-2-12(3-7-14)17-20(16(22)10-23-17)15-8-4-13(18)5-9-15/h2-9,17H,10H2,1H3,(H,19,21)/t17-/m1/s1. The smallest absolute Gasteiger partial charge is 0.238 e. The van der Waals surface area contributed by atoms with E-state index < -0.39 is 0 Å². The van der Waals surface area contributed by atoms with E-state index >= 15 is 0 Å². The molecule has 1 atom stereocenters. The van der Waals surface area contributed by atoms with Crippen LogP contribution in [0, 0.1) is 5.82 Å². The molecule has 0 saturated carbocycles. The van der Waals surface area contributed by atoms with Crippen LogP contribution in [0.1, 0.15) is 17.9 Å². The molecule has 0 radical (unpaired) electrons. The van der Waals surface area contributed by atoms with Crippen molar-refractivity contribution in [2.24, 2.45) is 0 Å². The van der Waals surface area contributed by atoms with Gasteiger partial charge in [0.2, 0.25) is 11.8 Å². The fourth-order valence-corrected chi connectivity index (χ4v) is 3.66. The molecular formula is C17H15FN2O2S. The summed E-state index contributed by atoms with van der Waals surface area (Å²) in [5.41, 5.74) is 2.35. The van der Waals surface area contributed by atoms with E-state index in [0.717, 1.165) is 5.56 Å². The molecule has 0 spiro atoms. The summed E-state index contributed by atoms with van der Waals surface area (Å²) in [6.45, 7) is 1.45. The van der Waals surface area contributed by atoms with Crippen LogP contribution in [0.3, 0.4) is 0 Å². The average molecular weight is 330 g/mol. The highest BCUT2D eigenvalue weighted by molar-refractivity contribution is 8.00. The van der Waals surface area contributed by atoms with Gasteiger partial charge in [-0.2, -0.15) is 0 Å². The molecule has 0 bridgehead atoms. The fraction of sp³-hybridized carbons (Fsp3) is 0.176. The summed E-state index contributed by atoms with van der Waals surface area (Å²) in [5.74, 6) is -0.0759. The van der Waals surface area contributed by atoms with Gasteiger partial charge < -0.3 is 5.32 Å². The zero-order valence-electron chi connectivity index (χ0n) is 12.5. The predicted octanol–water partition coefficient (Wildman–Crippen LogP) is 3.56. The Morgan fingerprint density at radius 1 is 1.17 bits per heavy atom. The number of benzene rings is 2. The van der Waals surface area contributed by atoms with Gasteiger partial charge in [-0.05, 0) is 42.0 Å². The first-order chi connectivity index (χ1) is 11.0. The SMILES string of the molecule is CC(=O)Nc1ccc([C@H]2SCC(=O)N2c2ccc(F)cc2)cc1. The number of amides is 2. The summed E-state index contributed by atoms with van der Waals surface area (Å²) in [6.07, 6.45) is 0. The Kier molecular flexibility index (Phi) is 4.34. The lowest BCUT2D eigenvalue weighted by atomic mass is 10.1. The van der Waals surface area contributed by atoms with Crippen LogP contribution in [-0.2, 0) is 9.59 Å². The van der Waals surface area contributed by atoms with E-state index in [1.54, 1.807) is 17.0 Å². The molecule has 4 nitrogen and oxygen atoms in total. The van der Waals surface area contributed by atoms with Gasteiger partial charge in [-0.25, -0.2) is 4.39 Å². The van der Waals surface area contributed by atoms with E-state index in [-0.39, 0.29) is 23.0 Å². The molecule has 1 aliphatic rings. The zero-order chi connectivity index (χ0) is 16.4. The Morgan fingerprint density at radius 3 is 2.43 bits per heavy atom. The van der Waals surface area contributed by atoms with Crippen molar-refractivity contribution in [1.82, 2.24) is 0 Å². The number of nitrogens with zero attached hydrogens (tertiary/aromatic N) is 1. The monoisotopic (exact) mass is 330 g/mol. The molecule has 1 heterocycles. The van der Waals surface area contributed by atoms with E-state index in [1.165, 1.54) is 30.8 Å². The van der Waals surface area contributed by atoms with Crippen molar-refractivity contribution in [3.63, 3.8) is 0 Å². The highest BCUT2D eigenvalue weighted by atomic mass is 32.2. The van der Waals surface area contributed by atoms with E-state index in [1.807, 2.05) is 24.3 Å². The van der Waals surface area contributed by atoms with Crippen molar-refractivity contribution >= 4 is 35.0 Å². The quantitative estimate of drug-likeness (QED) is 0.936. The normalized spacial score (nSPS) is 17.4. The summed E-state index contributed by atoms with van der Waals surface area (Å²) in [6, 6.07) is 13.3. The van der Waals surface area contributed by atoms with Gasteiger partial charge in [0.15, 0.2) is 0 Å². The zero-order valence-corrected chi connectivity index (χ0v) is 13.3. The molecule has 2 aromatic rings. The van der Waals surface area contributed by atoms with Crippen LogP contribution in [0.4, 0.5) is 15.8 Å². The molecule has 2 amide bonds. The molecule has 2 aromatic carbocycles. The van der Waals surface area contributed by atoms with Crippen molar-refractivity contribution in [2.75, 3.05) is 16.0 Å². The highest BCUT2D eigenvalue weighted by Gasteiger charge is 2.33. The minimum atomic E-state index is -0.329. The summed E-state index contributed by atoms with van der Waals surface area (Å²) >= 11 is 1.53. The van der Waals surface area contributed by atoms with Gasteiger partial charge in [0, 0.05) is 18.3 Å². The number of halogens is 1. The lowest BCUT2D eigenvalue weighted by Crippen LogP contribution is -2.27. The Hall–Kier alpha value is -2.34. The Labute approximate surface area is 137 Å². The maximum atomic E-state index is 13.1. The second-order valence-electron chi connectivity index (χ2n) is 5.21. The van der Waals surface area contributed by atoms with Gasteiger partial charge in [0.1, 0.15) is 11.2 Å². The maximum Gasteiger partial charge on any atom is 0.238 e. The molecule has 1 fully saturated rings. The van der Waals surface area contributed by atoms with E-state index in [0.29, 0.717) is 17.1 Å². The first-order valence-corrected chi connectivity index (χ1v) is 8.16. The van der Waals surface area contributed by atoms with Gasteiger partial charge in [-0.3, -0.25) is 14.5 Å². The average Bonchev–Trinajstić information content (AvgIpc) is 2.90. The molecular weight excluding hydrogens is 315 g/mol. The fourth-order valence-electron chi connectivity index (χ4n) is 2.49. The topological polar surface area (TPSA) is 49.4 Å². The number of hydrogen-bond acceptors (Lipinski definition) is 3. The lowest BCUT2D eigenvalue weighted by Gasteiger charge is -2.24. The van der Waals surface area contributed by atoms with Crippen LogP contribution in [0.15, 0.2) is 48.5 Å². The molecule has 0 aromatic heterocycles. The molecule has 0 unspecified atom stereocenters. The largest absolute Gasteiger partial charge is 0.326 e. The van der Waals surface area contributed by atoms with Gasteiger partial charge >= 0.3 is 0 Å². The van der Waals surface area contributed by atoms with E-state index in [2.05, 4.69) is 5.32 Å². The van der Waals surface area contributed by atoms with Crippen molar-refractivity contribution in [3.05, 3.63) is 59.9 Å². The van der Waals surface area contributed by atoms with Gasteiger partial charge in [-0.1, -0.05) is 12.1 Å². The third kappa shape index (κ3) is 3.37. The van der Waals surface area contributed by atoms with Crippen LogP contribution in [0.2, 0.25) is 0 Å². The van der Waals surface area contributed by atoms with Gasteiger partial charge in [0.25, 0.3) is 0 Å². The number of hydrogen-bond donors (Lipinski definition) is 1. The lowest BCUT2D eigenvalue weighted by molar-refractivity contribution is -0.116. The first-order valence-electron chi connectivity index (χ1n) is 7.11. The minimum Gasteiger partial charge on any atom is -0.326 e. The summed E-state index contributed by atoms with van der Waals surface area (Å²) in [4.78, 5) is 25.0. The Bertz CT molecular complexity index is 731. The summed E-state index contributed by atoms with van der Waals surface area (Å²) < 4.78 is 13.1. The van der Waals surface area contributed by atoms with E-state index in [4.69, 9.17) is 0 Å². The second-order valence-corrected chi connectivity index (χ2v) is 6.28. The maximum absolute atomic E-state index is 13.1. The third-order valence-corrected chi connectivity index (χ3v) is 4.70. The molecule has 118 valence electrons. The minimum absolute atomic E-state index is 0.00227. The third-order valence-electron chi connectivity index (χ3n) is 3.49. The van der Waals surface area contributed by atoms with E-state index in [9.17, 15) is 14.0 Å². The summed E-state index contributed by atoms with van der Waals surface area (Å²) in [5, 5.41) is 2.56. The van der Waals surface area contributed by atoms with Crippen LogP contribution in [0.5, 0.6) is 0 Å². The van der Waals surface area contributed by atoms with Crippen LogP contribution >= 0.6 is 11.8 Å². The van der Waals surface area contributed by atoms with Crippen LogP contribution in [-0.4, -0.2) is 17.6 Å². The highest BCUT2D eigenvalue weighted by Crippen LogP contribution is 2.41. The van der Waals surface area contributed by atoms with Crippen LogP contribution in [0.25, 0.3) is 0 Å². The molecule has 1 N–H and O–H groups in total. The Balaban J connectivity index is 1.87. The molecule has 3 rings (SSSR count). The van der Waals surface area contributed by atoms with Crippen molar-refractivity contribution in [2.45, 2.75) is 12.3 Å². The number of rotatable bonds is 3. The van der Waals surface area contributed by atoms with Crippen molar-refractivity contribution < 1.29 is 14.0 Å².